The van der Waals surface area contributed by atoms with Crippen LogP contribution in [0.25, 0.3) is 11.1 Å². The predicted molar refractivity (Wildman–Crippen MR) is 86.0 cm³/mol. The lowest BCUT2D eigenvalue weighted by Gasteiger charge is -2.18. The van der Waals surface area contributed by atoms with E-state index in [1.807, 2.05) is 0 Å². The van der Waals surface area contributed by atoms with Gasteiger partial charge in [-0.3, -0.25) is 0 Å². The van der Waals surface area contributed by atoms with Crippen molar-refractivity contribution in [3.05, 3.63) is 47.8 Å². The summed E-state index contributed by atoms with van der Waals surface area (Å²) in [6.45, 7) is 1.21. The Balaban J connectivity index is 1.95. The van der Waals surface area contributed by atoms with Gasteiger partial charge in [0.25, 0.3) is 0 Å². The number of nitrogens with one attached hydrogen (secondary N) is 1. The molecule has 4 nitrogen and oxygen atoms in total. The number of carbonyl (C=O) groups is 1. The summed E-state index contributed by atoms with van der Waals surface area (Å²) in [5.41, 5.74) is 5.85. The minimum Gasteiger partial charge on any atom is -0.397 e. The van der Waals surface area contributed by atoms with Crippen molar-refractivity contribution in [1.29, 1.82) is 0 Å². The monoisotopic (exact) mass is 335 g/mol. The van der Waals surface area contributed by atoms with Gasteiger partial charge < -0.3 is 16.0 Å². The molecule has 1 heterocycles. The third-order valence-corrected chi connectivity index (χ3v) is 4.03. The predicted octanol–water partition coefficient (Wildman–Crippen LogP) is 3.98. The Hall–Kier alpha value is -2.70. The smallest absolute Gasteiger partial charge is 0.321 e. The van der Waals surface area contributed by atoms with Gasteiger partial charge in [0, 0.05) is 18.7 Å². The lowest BCUT2D eigenvalue weighted by molar-refractivity contribution is 0.222. The normalized spacial score (nSPS) is 14.0. The van der Waals surface area contributed by atoms with E-state index in [0.717, 1.165) is 25.0 Å². The number of nitrogens with two attached hydrogens (primary N) is 1. The fourth-order valence-corrected chi connectivity index (χ4v) is 2.71. The van der Waals surface area contributed by atoms with E-state index in [0.29, 0.717) is 13.1 Å². The van der Waals surface area contributed by atoms with Crippen molar-refractivity contribution >= 4 is 17.4 Å². The maximum Gasteiger partial charge on any atom is 0.321 e. The van der Waals surface area contributed by atoms with Crippen molar-refractivity contribution in [2.24, 2.45) is 0 Å². The summed E-state index contributed by atoms with van der Waals surface area (Å²) in [7, 11) is 0. The maximum atomic E-state index is 14.8. The van der Waals surface area contributed by atoms with Gasteiger partial charge in [-0.25, -0.2) is 18.0 Å². The van der Waals surface area contributed by atoms with Gasteiger partial charge in [-0.05, 0) is 42.7 Å². The van der Waals surface area contributed by atoms with Crippen molar-refractivity contribution in [3.63, 3.8) is 0 Å². The van der Waals surface area contributed by atoms with Crippen molar-refractivity contribution in [2.75, 3.05) is 24.1 Å². The van der Waals surface area contributed by atoms with Crippen LogP contribution in [0.4, 0.5) is 29.3 Å². The van der Waals surface area contributed by atoms with Crippen LogP contribution in [-0.2, 0) is 0 Å². The van der Waals surface area contributed by atoms with Crippen LogP contribution in [0, 0.1) is 17.5 Å². The molecule has 0 bridgehead atoms. The van der Waals surface area contributed by atoms with Gasteiger partial charge in [0.2, 0.25) is 0 Å². The summed E-state index contributed by atoms with van der Waals surface area (Å²) in [5, 5.41) is 2.48. The lowest BCUT2D eigenvalue weighted by atomic mass is 10.0. The minimum absolute atomic E-state index is 0.0276. The Labute approximate surface area is 137 Å². The highest BCUT2D eigenvalue weighted by atomic mass is 19.2. The first-order valence-electron chi connectivity index (χ1n) is 7.56. The quantitative estimate of drug-likeness (QED) is 0.816. The number of hydrogen-bond acceptors (Lipinski definition) is 2. The first kappa shape index (κ1) is 16.2. The molecule has 1 aliphatic heterocycles. The Morgan fingerprint density at radius 1 is 1.04 bits per heavy atom. The summed E-state index contributed by atoms with van der Waals surface area (Å²) < 4.78 is 41.2. The van der Waals surface area contributed by atoms with Crippen LogP contribution in [0.15, 0.2) is 30.3 Å². The molecule has 1 saturated heterocycles. The molecule has 0 radical (unpaired) electrons. The van der Waals surface area contributed by atoms with Gasteiger partial charge in [0.05, 0.1) is 5.69 Å². The molecule has 2 aromatic carbocycles. The molecule has 7 heteroatoms. The number of halogens is 3. The zero-order valence-corrected chi connectivity index (χ0v) is 12.8. The first-order valence-corrected chi connectivity index (χ1v) is 7.56. The number of likely N-dealkylation sites (tertiary alicyclic amines) is 1. The summed E-state index contributed by atoms with van der Waals surface area (Å²) in [6.07, 6.45) is 1.81. The Morgan fingerprint density at radius 2 is 1.75 bits per heavy atom. The van der Waals surface area contributed by atoms with Gasteiger partial charge in [-0.1, -0.05) is 6.07 Å². The summed E-state index contributed by atoms with van der Waals surface area (Å²) >= 11 is 0. The molecular weight excluding hydrogens is 319 g/mol. The molecule has 3 rings (SSSR count). The number of rotatable bonds is 2. The zero-order valence-electron chi connectivity index (χ0n) is 12.8. The molecule has 0 unspecified atom stereocenters. The fourth-order valence-electron chi connectivity index (χ4n) is 2.71. The van der Waals surface area contributed by atoms with Crippen LogP contribution >= 0.6 is 0 Å². The molecule has 24 heavy (non-hydrogen) atoms. The molecule has 2 aromatic rings. The van der Waals surface area contributed by atoms with E-state index >= 15 is 0 Å². The highest BCUT2D eigenvalue weighted by Gasteiger charge is 2.21. The van der Waals surface area contributed by atoms with E-state index in [-0.39, 0.29) is 22.5 Å². The Kier molecular flexibility index (Phi) is 4.33. The standard InChI is InChI=1S/C17H16F3N3O/c18-12-5-3-10(9-13(12)19)11-4-6-14(21)16(15(11)20)22-17(24)23-7-1-2-8-23/h3-6,9H,1-2,7-8,21H2,(H,22,24). The van der Waals surface area contributed by atoms with E-state index < -0.39 is 23.5 Å². The number of anilines is 2. The lowest BCUT2D eigenvalue weighted by Crippen LogP contribution is -2.32. The van der Waals surface area contributed by atoms with Crippen molar-refractivity contribution in [2.45, 2.75) is 12.8 Å². The second kappa shape index (κ2) is 6.43. The van der Waals surface area contributed by atoms with E-state index in [1.165, 1.54) is 18.2 Å². The van der Waals surface area contributed by atoms with Crippen molar-refractivity contribution in [1.82, 2.24) is 4.90 Å². The molecule has 0 saturated carbocycles. The number of benzene rings is 2. The minimum atomic E-state index is -1.08. The molecule has 0 atom stereocenters. The first-order chi connectivity index (χ1) is 11.5. The largest absolute Gasteiger partial charge is 0.397 e. The molecule has 2 amide bonds. The number of urea groups is 1. The number of carbonyl (C=O) groups excluding carboxylic acids is 1. The molecule has 126 valence electrons. The van der Waals surface area contributed by atoms with E-state index in [9.17, 15) is 18.0 Å². The number of hydrogen-bond donors (Lipinski definition) is 2. The molecular formula is C17H16F3N3O. The maximum absolute atomic E-state index is 14.8. The van der Waals surface area contributed by atoms with Crippen LogP contribution in [0.1, 0.15) is 12.8 Å². The van der Waals surface area contributed by atoms with Gasteiger partial charge in [0.15, 0.2) is 17.5 Å². The average Bonchev–Trinajstić information content (AvgIpc) is 3.09. The molecule has 0 spiro atoms. The summed E-state index contributed by atoms with van der Waals surface area (Å²) in [4.78, 5) is 13.7. The third-order valence-electron chi connectivity index (χ3n) is 4.03. The van der Waals surface area contributed by atoms with Crippen LogP contribution in [0.2, 0.25) is 0 Å². The third kappa shape index (κ3) is 3.02. The Morgan fingerprint density at radius 3 is 2.42 bits per heavy atom. The topological polar surface area (TPSA) is 58.4 Å². The fraction of sp³-hybridized carbons (Fsp3) is 0.235. The van der Waals surface area contributed by atoms with Crippen molar-refractivity contribution in [3.8, 4) is 11.1 Å². The van der Waals surface area contributed by atoms with Gasteiger partial charge in [0.1, 0.15) is 5.69 Å². The molecule has 0 aliphatic carbocycles. The van der Waals surface area contributed by atoms with Crippen LogP contribution in [0.3, 0.4) is 0 Å². The van der Waals surface area contributed by atoms with E-state index in [2.05, 4.69) is 5.32 Å². The van der Waals surface area contributed by atoms with E-state index in [1.54, 1.807) is 4.90 Å². The van der Waals surface area contributed by atoms with Crippen LogP contribution in [-0.4, -0.2) is 24.0 Å². The van der Waals surface area contributed by atoms with Gasteiger partial charge in [-0.2, -0.15) is 0 Å². The highest BCUT2D eigenvalue weighted by molar-refractivity contribution is 5.94. The van der Waals surface area contributed by atoms with Gasteiger partial charge in [-0.15, -0.1) is 0 Å². The zero-order chi connectivity index (χ0) is 17.3. The second-order valence-electron chi connectivity index (χ2n) is 5.64. The Bertz CT molecular complexity index is 789. The number of nitrogens with zero attached hydrogens (tertiary/aromatic N) is 1. The summed E-state index contributed by atoms with van der Waals surface area (Å²) in [5.74, 6) is -2.88. The molecule has 1 aliphatic rings. The molecule has 1 fully saturated rings. The molecule has 0 aromatic heterocycles. The number of nitrogen functional groups attached to an aromatic ring is 1. The van der Waals surface area contributed by atoms with Crippen molar-refractivity contribution < 1.29 is 18.0 Å². The summed E-state index contributed by atoms with van der Waals surface area (Å²) in [6, 6.07) is 5.43. The SMILES string of the molecule is Nc1ccc(-c2ccc(F)c(F)c2)c(F)c1NC(=O)N1CCCC1. The number of amides is 2. The van der Waals surface area contributed by atoms with Crippen LogP contribution < -0.4 is 11.1 Å². The van der Waals surface area contributed by atoms with E-state index in [4.69, 9.17) is 5.73 Å². The second-order valence-corrected chi connectivity index (χ2v) is 5.64. The average molecular weight is 335 g/mol. The molecule has 3 N–H and O–H groups in total. The highest BCUT2D eigenvalue weighted by Crippen LogP contribution is 2.33. The van der Waals surface area contributed by atoms with Crippen LogP contribution in [0.5, 0.6) is 0 Å². The van der Waals surface area contributed by atoms with Gasteiger partial charge >= 0.3 is 6.03 Å².